The van der Waals surface area contributed by atoms with Gasteiger partial charge in [0.2, 0.25) is 0 Å². The van der Waals surface area contributed by atoms with E-state index in [-0.39, 0.29) is 6.10 Å². The summed E-state index contributed by atoms with van der Waals surface area (Å²) in [5, 5.41) is 0. The average Bonchev–Trinajstić information content (AvgIpc) is 2.19. The Morgan fingerprint density at radius 3 is 2.08 bits per heavy atom. The Hall–Kier alpha value is 0.0569. The van der Waals surface area contributed by atoms with E-state index in [1.54, 1.807) is 0 Å². The fourth-order valence-corrected chi connectivity index (χ4v) is 2.59. The predicted octanol–water partition coefficient (Wildman–Crippen LogP) is 1.06. The van der Waals surface area contributed by atoms with Crippen LogP contribution in [0.2, 0.25) is 0 Å². The van der Waals surface area contributed by atoms with E-state index in [0.717, 1.165) is 12.8 Å². The van der Waals surface area contributed by atoms with Crippen LogP contribution in [0.15, 0.2) is 0 Å². The lowest BCUT2D eigenvalue weighted by molar-refractivity contribution is -0.0186. The molecule has 0 amide bonds. The molecule has 1 aliphatic carbocycles. The Kier molecular flexibility index (Phi) is 4.34. The molecule has 13 heavy (non-hydrogen) atoms. The van der Waals surface area contributed by atoms with Crippen molar-refractivity contribution < 1.29 is 18.1 Å². The summed E-state index contributed by atoms with van der Waals surface area (Å²) in [5.41, 5.74) is 0. The Morgan fingerprint density at radius 1 is 1.08 bits per heavy atom. The highest BCUT2D eigenvalue weighted by atomic mass is 28.4. The molecule has 0 radical (unpaired) electrons. The highest BCUT2D eigenvalue weighted by Crippen LogP contribution is 2.22. The van der Waals surface area contributed by atoms with E-state index >= 15 is 0 Å². The van der Waals surface area contributed by atoms with Crippen LogP contribution >= 0.6 is 0 Å². The first-order valence-electron chi connectivity index (χ1n) is 4.70. The van der Waals surface area contributed by atoms with Crippen LogP contribution in [0.5, 0.6) is 0 Å². The van der Waals surface area contributed by atoms with Crippen LogP contribution in [0.3, 0.4) is 0 Å². The van der Waals surface area contributed by atoms with E-state index in [2.05, 4.69) is 0 Å². The van der Waals surface area contributed by atoms with Crippen molar-refractivity contribution in [3.8, 4) is 0 Å². The van der Waals surface area contributed by atoms with Crippen LogP contribution in [-0.2, 0) is 13.3 Å². The van der Waals surface area contributed by atoms with Gasteiger partial charge in [0.15, 0.2) is 0 Å². The average molecular weight is 206 g/mol. The fraction of sp³-hybridized carbons (Fsp3) is 1.00. The lowest BCUT2D eigenvalue weighted by atomic mass is 9.98. The zero-order valence-corrected chi connectivity index (χ0v) is 9.28. The van der Waals surface area contributed by atoms with E-state index in [1.165, 1.54) is 33.5 Å². The van der Waals surface area contributed by atoms with Gasteiger partial charge < -0.3 is 18.1 Å². The fourth-order valence-electron chi connectivity index (χ4n) is 1.57. The van der Waals surface area contributed by atoms with Crippen molar-refractivity contribution in [2.75, 3.05) is 14.2 Å². The minimum atomic E-state index is -3.28. The molecule has 4 nitrogen and oxygen atoms in total. The van der Waals surface area contributed by atoms with E-state index in [1.807, 2.05) is 0 Å². The van der Waals surface area contributed by atoms with Gasteiger partial charge in [-0.05, 0) is 12.8 Å². The minimum Gasteiger partial charge on any atom is -0.367 e. The second-order valence-electron chi connectivity index (χ2n) is 3.31. The zero-order chi connectivity index (χ0) is 9.73. The highest BCUT2D eigenvalue weighted by molar-refractivity contribution is 6.51. The van der Waals surface area contributed by atoms with Gasteiger partial charge >= 0.3 is 9.05 Å². The monoisotopic (exact) mass is 206 g/mol. The molecule has 5 heteroatoms. The second kappa shape index (κ2) is 5.07. The van der Waals surface area contributed by atoms with Gasteiger partial charge in [0.1, 0.15) is 0 Å². The molecule has 1 saturated carbocycles. The number of hydrogen-bond donors (Lipinski definition) is 1. The van der Waals surface area contributed by atoms with Crippen molar-refractivity contribution >= 4 is 9.05 Å². The van der Waals surface area contributed by atoms with Crippen LogP contribution in [-0.4, -0.2) is 34.2 Å². The smallest absolute Gasteiger partial charge is 0.367 e. The van der Waals surface area contributed by atoms with Crippen LogP contribution in [0.25, 0.3) is 0 Å². The summed E-state index contributed by atoms with van der Waals surface area (Å²) in [6, 6.07) is 0. The zero-order valence-electron chi connectivity index (χ0n) is 8.28. The molecule has 0 unspecified atom stereocenters. The second-order valence-corrected chi connectivity index (χ2v) is 5.41. The summed E-state index contributed by atoms with van der Waals surface area (Å²) in [6.45, 7) is 0. The quantitative estimate of drug-likeness (QED) is 0.699. The van der Waals surface area contributed by atoms with Gasteiger partial charge in [-0.2, -0.15) is 0 Å². The summed E-state index contributed by atoms with van der Waals surface area (Å²) < 4.78 is 15.1. The lowest BCUT2D eigenvalue weighted by Gasteiger charge is -2.28. The maximum absolute atomic E-state index is 9.65. The molecule has 1 N–H and O–H groups in total. The van der Waals surface area contributed by atoms with Crippen molar-refractivity contribution in [2.45, 2.75) is 38.2 Å². The Bertz CT molecular complexity index is 143. The van der Waals surface area contributed by atoms with Crippen LogP contribution in [0.1, 0.15) is 32.1 Å². The van der Waals surface area contributed by atoms with Crippen LogP contribution in [0.4, 0.5) is 0 Å². The maximum Gasteiger partial charge on any atom is 0.676 e. The normalized spacial score (nSPS) is 20.5. The Morgan fingerprint density at radius 2 is 1.62 bits per heavy atom. The van der Waals surface area contributed by atoms with Gasteiger partial charge in [0.25, 0.3) is 0 Å². The van der Waals surface area contributed by atoms with Crippen molar-refractivity contribution in [3.63, 3.8) is 0 Å². The SMILES string of the molecule is CO[Si](O)(OC)OC1CCCCC1. The maximum atomic E-state index is 9.65. The van der Waals surface area contributed by atoms with E-state index < -0.39 is 9.05 Å². The summed E-state index contributed by atoms with van der Waals surface area (Å²) in [5.74, 6) is 0. The minimum absolute atomic E-state index is 0.116. The van der Waals surface area contributed by atoms with Crippen LogP contribution < -0.4 is 0 Å². The molecule has 1 fully saturated rings. The number of hydrogen-bond acceptors (Lipinski definition) is 4. The molecule has 1 rings (SSSR count). The van der Waals surface area contributed by atoms with E-state index in [4.69, 9.17) is 13.3 Å². The highest BCUT2D eigenvalue weighted by Gasteiger charge is 2.41. The molecule has 0 aromatic carbocycles. The molecule has 0 aromatic rings. The Labute approximate surface area is 80.3 Å². The summed E-state index contributed by atoms with van der Waals surface area (Å²) in [6.07, 6.45) is 5.72. The molecule has 78 valence electrons. The standard InChI is InChI=1S/C8H18O4Si/c1-10-13(9,11-2)12-8-6-4-3-5-7-8/h8-9H,3-7H2,1-2H3. The molecule has 0 atom stereocenters. The van der Waals surface area contributed by atoms with Crippen LogP contribution in [0, 0.1) is 0 Å². The third kappa shape index (κ3) is 3.36. The molecule has 0 saturated heterocycles. The number of rotatable bonds is 4. The summed E-state index contributed by atoms with van der Waals surface area (Å²) >= 11 is 0. The predicted molar refractivity (Wildman–Crippen MR) is 49.9 cm³/mol. The van der Waals surface area contributed by atoms with Crippen molar-refractivity contribution in [2.24, 2.45) is 0 Å². The molecule has 0 spiro atoms. The topological polar surface area (TPSA) is 47.9 Å². The van der Waals surface area contributed by atoms with Gasteiger partial charge in [-0.25, -0.2) is 0 Å². The van der Waals surface area contributed by atoms with Crippen molar-refractivity contribution in [3.05, 3.63) is 0 Å². The lowest BCUT2D eigenvalue weighted by Crippen LogP contribution is -2.47. The Balaban J connectivity index is 2.35. The molecule has 0 aliphatic heterocycles. The van der Waals surface area contributed by atoms with Gasteiger partial charge in [-0.15, -0.1) is 0 Å². The first-order valence-corrected chi connectivity index (χ1v) is 6.38. The first-order chi connectivity index (χ1) is 6.20. The van der Waals surface area contributed by atoms with Gasteiger partial charge in [0, 0.05) is 14.2 Å². The molecule has 1 aliphatic rings. The molecule has 0 bridgehead atoms. The van der Waals surface area contributed by atoms with Gasteiger partial charge in [-0.1, -0.05) is 19.3 Å². The van der Waals surface area contributed by atoms with Gasteiger partial charge in [-0.3, -0.25) is 0 Å². The molecule has 0 heterocycles. The third-order valence-corrected chi connectivity index (χ3v) is 4.05. The molecular formula is C8H18O4Si. The molecule has 0 aromatic heterocycles. The summed E-state index contributed by atoms with van der Waals surface area (Å²) in [7, 11) is -0.454. The van der Waals surface area contributed by atoms with Gasteiger partial charge in [0.05, 0.1) is 6.10 Å². The third-order valence-electron chi connectivity index (χ3n) is 2.38. The molecular weight excluding hydrogens is 188 g/mol. The van der Waals surface area contributed by atoms with E-state index in [0.29, 0.717) is 0 Å². The van der Waals surface area contributed by atoms with Crippen molar-refractivity contribution in [1.82, 2.24) is 0 Å². The summed E-state index contributed by atoms with van der Waals surface area (Å²) in [4.78, 5) is 9.65. The van der Waals surface area contributed by atoms with E-state index in [9.17, 15) is 4.80 Å². The van der Waals surface area contributed by atoms with Crippen molar-refractivity contribution in [1.29, 1.82) is 0 Å². The largest absolute Gasteiger partial charge is 0.676 e. The first kappa shape index (κ1) is 11.1.